The van der Waals surface area contributed by atoms with Gasteiger partial charge in [-0.25, -0.2) is 4.98 Å². The largest absolute Gasteiger partial charge is 0.381 e. The highest BCUT2D eigenvalue weighted by atomic mass is 16.5. The topological polar surface area (TPSA) is 106 Å². The van der Waals surface area contributed by atoms with Crippen LogP contribution in [0.15, 0.2) is 24.3 Å². The first-order chi connectivity index (χ1) is 10.7. The Kier molecular flexibility index (Phi) is 4.45. The minimum Gasteiger partial charge on any atom is -0.381 e. The second-order valence-electron chi connectivity index (χ2n) is 5.37. The third-order valence-electron chi connectivity index (χ3n) is 3.65. The Labute approximate surface area is 128 Å². The number of anilines is 1. The Bertz CT molecular complexity index is 632. The highest BCUT2D eigenvalue weighted by Gasteiger charge is 2.19. The fraction of sp³-hybridized carbons (Fsp3) is 0.400. The molecule has 1 aromatic heterocycles. The summed E-state index contributed by atoms with van der Waals surface area (Å²) in [5.41, 5.74) is 7.14. The van der Waals surface area contributed by atoms with Gasteiger partial charge in [-0.2, -0.15) is 5.10 Å². The fourth-order valence-corrected chi connectivity index (χ4v) is 2.44. The van der Waals surface area contributed by atoms with Gasteiger partial charge in [0.15, 0.2) is 5.82 Å². The SMILES string of the molecule is NCc1nc(-c2ccc(NC(=O)C[C@H]3CCOC3)cc2)n[nH]1. The molecule has 7 nitrogen and oxygen atoms in total. The van der Waals surface area contributed by atoms with Crippen molar-refractivity contribution in [1.82, 2.24) is 15.2 Å². The molecule has 0 bridgehead atoms. The molecule has 3 rings (SSSR count). The van der Waals surface area contributed by atoms with Gasteiger partial charge in [0.1, 0.15) is 5.82 Å². The number of carbonyl (C=O) groups is 1. The minimum absolute atomic E-state index is 0.0200. The van der Waals surface area contributed by atoms with Gasteiger partial charge >= 0.3 is 0 Å². The number of H-pyrrole nitrogens is 1. The first-order valence-electron chi connectivity index (χ1n) is 7.34. The van der Waals surface area contributed by atoms with Crippen molar-refractivity contribution in [1.29, 1.82) is 0 Å². The maximum atomic E-state index is 12.0. The summed E-state index contributed by atoms with van der Waals surface area (Å²) in [4.78, 5) is 16.2. The normalized spacial score (nSPS) is 17.6. The van der Waals surface area contributed by atoms with Gasteiger partial charge in [0.2, 0.25) is 5.91 Å². The molecular weight excluding hydrogens is 282 g/mol. The molecule has 0 saturated carbocycles. The number of nitrogens with one attached hydrogen (secondary N) is 2. The summed E-state index contributed by atoms with van der Waals surface area (Å²) in [6, 6.07) is 7.43. The number of nitrogens with two attached hydrogens (primary N) is 1. The van der Waals surface area contributed by atoms with Crippen LogP contribution in [0.2, 0.25) is 0 Å². The molecule has 1 aliphatic heterocycles. The van der Waals surface area contributed by atoms with Gasteiger partial charge in [-0.3, -0.25) is 9.89 Å². The molecule has 1 aromatic carbocycles. The van der Waals surface area contributed by atoms with Crippen LogP contribution in [0, 0.1) is 5.92 Å². The third-order valence-corrected chi connectivity index (χ3v) is 3.65. The van der Waals surface area contributed by atoms with Gasteiger partial charge in [0.25, 0.3) is 0 Å². The number of rotatable bonds is 5. The summed E-state index contributed by atoms with van der Waals surface area (Å²) < 4.78 is 5.28. The Hall–Kier alpha value is -2.25. The van der Waals surface area contributed by atoms with Crippen LogP contribution in [-0.4, -0.2) is 34.3 Å². The maximum Gasteiger partial charge on any atom is 0.224 e. The van der Waals surface area contributed by atoms with E-state index in [0.29, 0.717) is 37.1 Å². The molecule has 0 radical (unpaired) electrons. The number of benzene rings is 1. The number of aromatic nitrogens is 3. The van der Waals surface area contributed by atoms with Crippen molar-refractivity contribution in [3.05, 3.63) is 30.1 Å². The number of amides is 1. The molecule has 0 spiro atoms. The zero-order chi connectivity index (χ0) is 15.4. The van der Waals surface area contributed by atoms with Crippen LogP contribution in [0.25, 0.3) is 11.4 Å². The van der Waals surface area contributed by atoms with Crippen LogP contribution in [-0.2, 0) is 16.1 Å². The van der Waals surface area contributed by atoms with Crippen LogP contribution in [0.5, 0.6) is 0 Å². The Balaban J connectivity index is 1.60. The monoisotopic (exact) mass is 301 g/mol. The van der Waals surface area contributed by atoms with E-state index in [2.05, 4.69) is 20.5 Å². The number of nitrogens with zero attached hydrogens (tertiary/aromatic N) is 2. The number of hydrogen-bond donors (Lipinski definition) is 3. The predicted octanol–water partition coefficient (Wildman–Crippen LogP) is 1.30. The molecule has 2 aromatic rings. The lowest BCUT2D eigenvalue weighted by atomic mass is 10.0. The van der Waals surface area contributed by atoms with Crippen molar-refractivity contribution in [2.24, 2.45) is 11.7 Å². The van der Waals surface area contributed by atoms with Gasteiger partial charge in [-0.1, -0.05) is 0 Å². The lowest BCUT2D eigenvalue weighted by Gasteiger charge is -2.08. The maximum absolute atomic E-state index is 12.0. The van der Waals surface area contributed by atoms with E-state index in [1.807, 2.05) is 24.3 Å². The van der Waals surface area contributed by atoms with Crippen LogP contribution < -0.4 is 11.1 Å². The molecule has 22 heavy (non-hydrogen) atoms. The Morgan fingerprint density at radius 1 is 1.41 bits per heavy atom. The second kappa shape index (κ2) is 6.67. The number of ether oxygens (including phenoxy) is 1. The summed E-state index contributed by atoms with van der Waals surface area (Å²) in [5.74, 6) is 1.60. The van der Waals surface area contributed by atoms with E-state index in [9.17, 15) is 4.79 Å². The van der Waals surface area contributed by atoms with Gasteiger partial charge in [0.05, 0.1) is 6.54 Å². The lowest BCUT2D eigenvalue weighted by Crippen LogP contribution is -2.16. The quantitative estimate of drug-likeness (QED) is 0.771. The van der Waals surface area contributed by atoms with Crippen molar-refractivity contribution < 1.29 is 9.53 Å². The average molecular weight is 301 g/mol. The van der Waals surface area contributed by atoms with Crippen molar-refractivity contribution in [3.8, 4) is 11.4 Å². The smallest absolute Gasteiger partial charge is 0.224 e. The molecule has 116 valence electrons. The number of hydrogen-bond acceptors (Lipinski definition) is 5. The van der Waals surface area contributed by atoms with Crippen molar-refractivity contribution in [3.63, 3.8) is 0 Å². The van der Waals surface area contributed by atoms with E-state index in [4.69, 9.17) is 10.5 Å². The van der Waals surface area contributed by atoms with E-state index in [0.717, 1.165) is 24.3 Å². The molecular formula is C15H19N5O2. The minimum atomic E-state index is 0.0200. The van der Waals surface area contributed by atoms with Crippen molar-refractivity contribution in [2.45, 2.75) is 19.4 Å². The van der Waals surface area contributed by atoms with E-state index in [1.54, 1.807) is 0 Å². The van der Waals surface area contributed by atoms with E-state index >= 15 is 0 Å². The third kappa shape index (κ3) is 3.49. The fourth-order valence-electron chi connectivity index (χ4n) is 2.44. The van der Waals surface area contributed by atoms with Gasteiger partial charge in [0, 0.05) is 30.9 Å². The first-order valence-corrected chi connectivity index (χ1v) is 7.34. The van der Waals surface area contributed by atoms with E-state index < -0.39 is 0 Å². The van der Waals surface area contributed by atoms with Crippen LogP contribution in [0.3, 0.4) is 0 Å². The summed E-state index contributed by atoms with van der Waals surface area (Å²) >= 11 is 0. The summed E-state index contributed by atoms with van der Waals surface area (Å²) in [7, 11) is 0. The molecule has 0 unspecified atom stereocenters. The highest BCUT2D eigenvalue weighted by Crippen LogP contribution is 2.20. The van der Waals surface area contributed by atoms with Gasteiger partial charge < -0.3 is 15.8 Å². The van der Waals surface area contributed by atoms with Crippen LogP contribution in [0.4, 0.5) is 5.69 Å². The van der Waals surface area contributed by atoms with Crippen LogP contribution >= 0.6 is 0 Å². The predicted molar refractivity (Wildman–Crippen MR) is 81.9 cm³/mol. The van der Waals surface area contributed by atoms with E-state index in [-0.39, 0.29) is 5.91 Å². The number of aromatic amines is 1. The zero-order valence-electron chi connectivity index (χ0n) is 12.2. The van der Waals surface area contributed by atoms with Gasteiger partial charge in [-0.15, -0.1) is 0 Å². The molecule has 1 amide bonds. The van der Waals surface area contributed by atoms with Crippen LogP contribution in [0.1, 0.15) is 18.7 Å². The molecule has 1 fully saturated rings. The second-order valence-corrected chi connectivity index (χ2v) is 5.37. The molecule has 7 heteroatoms. The average Bonchev–Trinajstić information content (AvgIpc) is 3.19. The van der Waals surface area contributed by atoms with Crippen molar-refractivity contribution in [2.75, 3.05) is 18.5 Å². The van der Waals surface area contributed by atoms with Crippen molar-refractivity contribution >= 4 is 11.6 Å². The Morgan fingerprint density at radius 2 is 2.23 bits per heavy atom. The van der Waals surface area contributed by atoms with E-state index in [1.165, 1.54) is 0 Å². The molecule has 1 aliphatic rings. The molecule has 4 N–H and O–H groups in total. The Morgan fingerprint density at radius 3 is 2.86 bits per heavy atom. The molecule has 1 saturated heterocycles. The summed E-state index contributed by atoms with van der Waals surface area (Å²) in [6.07, 6.45) is 1.46. The van der Waals surface area contributed by atoms with Gasteiger partial charge in [-0.05, 0) is 36.6 Å². The highest BCUT2D eigenvalue weighted by molar-refractivity contribution is 5.91. The molecule has 1 atom stereocenters. The molecule has 0 aliphatic carbocycles. The first kappa shape index (κ1) is 14.7. The zero-order valence-corrected chi connectivity index (χ0v) is 12.2. The molecule has 2 heterocycles. The summed E-state index contributed by atoms with van der Waals surface area (Å²) in [5, 5.41) is 9.77. The summed E-state index contributed by atoms with van der Waals surface area (Å²) in [6.45, 7) is 1.76. The number of carbonyl (C=O) groups excluding carboxylic acids is 1. The standard InChI is InChI=1S/C15H19N5O2/c16-8-13-18-15(20-19-13)11-1-3-12(4-2-11)17-14(21)7-10-5-6-22-9-10/h1-4,10H,5-9,16H2,(H,17,21)(H,18,19,20)/t10-/m1/s1. The lowest BCUT2D eigenvalue weighted by molar-refractivity contribution is -0.117.